The summed E-state index contributed by atoms with van der Waals surface area (Å²) in [6.45, 7) is 7.44. The van der Waals surface area contributed by atoms with E-state index in [4.69, 9.17) is 14.2 Å². The van der Waals surface area contributed by atoms with Crippen LogP contribution in [0.2, 0.25) is 0 Å². The van der Waals surface area contributed by atoms with Crippen molar-refractivity contribution in [2.24, 2.45) is 40.4 Å². The number of aliphatic hydroxyl groups is 1. The van der Waals surface area contributed by atoms with Crippen LogP contribution in [-0.4, -0.2) is 53.3 Å². The Morgan fingerprint density at radius 3 is 2.62 bits per heavy atom. The number of aliphatic hydroxyl groups excluding tert-OH is 1. The molecule has 5 fully saturated rings. The fraction of sp³-hybridized carbons (Fsp3) is 0.781. The molecule has 7 heteroatoms. The van der Waals surface area contributed by atoms with Gasteiger partial charge in [-0.1, -0.05) is 58.6 Å². The number of hydrogen-bond donors (Lipinski definition) is 1. The Hall–Kier alpha value is -1.83. The van der Waals surface area contributed by atoms with Crippen molar-refractivity contribution in [3.8, 4) is 0 Å². The Balaban J connectivity index is 1.35. The lowest BCUT2D eigenvalue weighted by molar-refractivity contribution is -0.210. The molecule has 0 spiro atoms. The number of carbonyl (C=O) groups is 3. The van der Waals surface area contributed by atoms with Crippen LogP contribution in [0.3, 0.4) is 0 Å². The van der Waals surface area contributed by atoms with Gasteiger partial charge in [0, 0.05) is 22.7 Å². The van der Waals surface area contributed by atoms with Crippen LogP contribution < -0.4 is 0 Å². The van der Waals surface area contributed by atoms with E-state index < -0.39 is 35.5 Å². The molecular formula is C32H44O7. The van der Waals surface area contributed by atoms with Crippen molar-refractivity contribution < 1.29 is 33.7 Å². The Morgan fingerprint density at radius 1 is 1.15 bits per heavy atom. The largest absolute Gasteiger partial charge is 0.457 e. The van der Waals surface area contributed by atoms with Gasteiger partial charge in [-0.15, -0.1) is 0 Å². The van der Waals surface area contributed by atoms with Gasteiger partial charge in [0.05, 0.1) is 18.1 Å². The fourth-order valence-corrected chi connectivity index (χ4v) is 9.62. The predicted octanol–water partition coefficient (Wildman–Crippen LogP) is 4.70. The summed E-state index contributed by atoms with van der Waals surface area (Å²) >= 11 is 0. The summed E-state index contributed by atoms with van der Waals surface area (Å²) in [7, 11) is 0. The molecule has 7 nitrogen and oxygen atoms in total. The second kappa shape index (κ2) is 9.63. The lowest BCUT2D eigenvalue weighted by atomic mass is 9.46. The summed E-state index contributed by atoms with van der Waals surface area (Å²) in [6.07, 6.45) is 12.2. The van der Waals surface area contributed by atoms with Crippen LogP contribution in [0.25, 0.3) is 0 Å². The third-order valence-corrected chi connectivity index (χ3v) is 11.5. The van der Waals surface area contributed by atoms with Crippen molar-refractivity contribution >= 4 is 17.5 Å². The zero-order chi connectivity index (χ0) is 27.7. The molecule has 6 rings (SSSR count). The minimum Gasteiger partial charge on any atom is -0.457 e. The van der Waals surface area contributed by atoms with Gasteiger partial charge in [0.2, 0.25) is 5.78 Å². The smallest absolute Gasteiger partial charge is 0.308 e. The quantitative estimate of drug-likeness (QED) is 0.505. The van der Waals surface area contributed by atoms with Crippen molar-refractivity contribution in [1.82, 2.24) is 0 Å². The second-order valence-electron chi connectivity index (χ2n) is 13.9. The number of ether oxygens (including phenoxy) is 3. The number of allylic oxidation sites excluding steroid dienone is 4. The Morgan fingerprint density at radius 2 is 1.90 bits per heavy atom. The van der Waals surface area contributed by atoms with E-state index in [9.17, 15) is 19.5 Å². The Kier molecular flexibility index (Phi) is 6.75. The molecule has 214 valence electrons. The van der Waals surface area contributed by atoms with Gasteiger partial charge in [0.1, 0.15) is 0 Å². The summed E-state index contributed by atoms with van der Waals surface area (Å²) in [6, 6.07) is 0. The van der Waals surface area contributed by atoms with Crippen molar-refractivity contribution in [3.63, 3.8) is 0 Å². The molecule has 0 radical (unpaired) electrons. The average molecular weight is 541 g/mol. The predicted molar refractivity (Wildman–Crippen MR) is 143 cm³/mol. The number of Topliss-reactive ketones (excluding diaryl/α,β-unsaturated/α-hetero) is 1. The Labute approximate surface area is 231 Å². The first kappa shape index (κ1) is 27.3. The maximum atomic E-state index is 14.2. The third kappa shape index (κ3) is 3.97. The highest BCUT2D eigenvalue weighted by Gasteiger charge is 2.76. The molecule has 2 unspecified atom stereocenters. The van der Waals surface area contributed by atoms with Crippen LogP contribution in [0.5, 0.6) is 0 Å². The highest BCUT2D eigenvalue weighted by atomic mass is 16.7. The normalized spacial score (nSPS) is 45.3. The van der Waals surface area contributed by atoms with Gasteiger partial charge in [-0.05, 0) is 62.5 Å². The highest BCUT2D eigenvalue weighted by Crippen LogP contribution is 2.70. The van der Waals surface area contributed by atoms with E-state index in [0.29, 0.717) is 12.8 Å². The molecule has 1 N–H and O–H groups in total. The summed E-state index contributed by atoms with van der Waals surface area (Å²) in [4.78, 5) is 38.7. The van der Waals surface area contributed by atoms with Crippen molar-refractivity contribution in [3.05, 3.63) is 23.8 Å². The molecule has 0 amide bonds. The molecule has 4 saturated carbocycles. The molecule has 5 aliphatic carbocycles. The SMILES string of the molecule is CC(C)C(=O)OCC(=O)[C@@]12OC(C3CCCCC3)O[C@@H]1CC1[C@@H]3CCC4=CC(=O)C=C[C@]4(C)[C@H]3[C@@H](O)C[C@@]12C. The standard InChI is InChI=1S/C32H44O7/c1-18(2)28(36)37-17-25(35)32-26(38-29(39-32)19-8-6-5-7-9-19)15-23-22-11-10-20-14-21(33)12-13-30(20,3)27(22)24(34)16-31(23,32)4/h12-14,18-19,22-24,26-27,29,34H,5-11,15-17H2,1-4H3/t22-,23?,24-,26+,27+,29?,30-,31-,32+/m0/s1. The molecule has 0 aromatic carbocycles. The lowest BCUT2D eigenvalue weighted by Crippen LogP contribution is -2.63. The molecule has 9 atom stereocenters. The van der Waals surface area contributed by atoms with Gasteiger partial charge in [-0.25, -0.2) is 0 Å². The van der Waals surface area contributed by atoms with Crippen LogP contribution in [0.4, 0.5) is 0 Å². The zero-order valence-corrected chi connectivity index (χ0v) is 23.8. The molecule has 0 bridgehead atoms. The number of rotatable bonds is 5. The fourth-order valence-electron chi connectivity index (χ4n) is 9.62. The highest BCUT2D eigenvalue weighted by molar-refractivity contribution is 6.01. The Bertz CT molecular complexity index is 1100. The van der Waals surface area contributed by atoms with Crippen LogP contribution in [0.1, 0.15) is 85.5 Å². The van der Waals surface area contributed by atoms with Gasteiger partial charge in [0.15, 0.2) is 24.3 Å². The first-order valence-corrected chi connectivity index (χ1v) is 15.2. The zero-order valence-electron chi connectivity index (χ0n) is 23.8. The number of ketones is 2. The van der Waals surface area contributed by atoms with Crippen LogP contribution in [0.15, 0.2) is 23.8 Å². The third-order valence-electron chi connectivity index (χ3n) is 11.5. The van der Waals surface area contributed by atoms with Gasteiger partial charge >= 0.3 is 5.97 Å². The van der Waals surface area contributed by atoms with Gasteiger partial charge in [0.25, 0.3) is 0 Å². The minimum atomic E-state index is -1.25. The van der Waals surface area contributed by atoms with E-state index in [-0.39, 0.29) is 53.2 Å². The number of hydrogen-bond acceptors (Lipinski definition) is 7. The number of carbonyl (C=O) groups excluding carboxylic acids is 3. The van der Waals surface area contributed by atoms with Crippen molar-refractivity contribution in [2.75, 3.05) is 6.61 Å². The average Bonchev–Trinajstić information content (AvgIpc) is 3.41. The molecule has 0 aromatic heterocycles. The van der Waals surface area contributed by atoms with Gasteiger partial charge < -0.3 is 19.3 Å². The lowest BCUT2D eigenvalue weighted by Gasteiger charge is -2.59. The second-order valence-corrected chi connectivity index (χ2v) is 13.9. The van der Waals surface area contributed by atoms with Crippen LogP contribution in [0, 0.1) is 40.4 Å². The maximum absolute atomic E-state index is 14.2. The van der Waals surface area contributed by atoms with E-state index in [0.717, 1.165) is 44.1 Å². The topological polar surface area (TPSA) is 99.1 Å². The van der Waals surface area contributed by atoms with E-state index >= 15 is 0 Å². The molecule has 0 aromatic rings. The number of esters is 1. The monoisotopic (exact) mass is 540 g/mol. The molecule has 6 aliphatic rings. The summed E-state index contributed by atoms with van der Waals surface area (Å²) in [5.41, 5.74) is -1.19. The van der Waals surface area contributed by atoms with E-state index in [1.807, 2.05) is 6.08 Å². The number of fused-ring (bicyclic) bond motifs is 7. The minimum absolute atomic E-state index is 0.0162. The van der Waals surface area contributed by atoms with Gasteiger partial charge in [-0.3, -0.25) is 14.4 Å². The molecular weight excluding hydrogens is 496 g/mol. The van der Waals surface area contributed by atoms with E-state index in [1.165, 1.54) is 6.42 Å². The van der Waals surface area contributed by atoms with Crippen molar-refractivity contribution in [1.29, 1.82) is 0 Å². The summed E-state index contributed by atoms with van der Waals surface area (Å²) in [5.74, 6) is -0.471. The van der Waals surface area contributed by atoms with Crippen LogP contribution >= 0.6 is 0 Å². The first-order chi connectivity index (χ1) is 18.5. The van der Waals surface area contributed by atoms with E-state index in [2.05, 4.69) is 13.8 Å². The van der Waals surface area contributed by atoms with Gasteiger partial charge in [-0.2, -0.15) is 0 Å². The molecule has 39 heavy (non-hydrogen) atoms. The molecule has 1 aliphatic heterocycles. The molecule has 1 saturated heterocycles. The van der Waals surface area contributed by atoms with E-state index in [1.54, 1.807) is 26.0 Å². The van der Waals surface area contributed by atoms with Crippen LogP contribution in [-0.2, 0) is 28.6 Å². The summed E-state index contributed by atoms with van der Waals surface area (Å²) < 4.78 is 19.0. The van der Waals surface area contributed by atoms with Crippen molar-refractivity contribution in [2.45, 2.75) is 110 Å². The summed E-state index contributed by atoms with van der Waals surface area (Å²) in [5, 5.41) is 11.9. The maximum Gasteiger partial charge on any atom is 0.308 e. The first-order valence-electron chi connectivity index (χ1n) is 15.2. The molecule has 1 heterocycles.